The van der Waals surface area contributed by atoms with Gasteiger partial charge in [0.05, 0.1) is 11.5 Å². The molecule has 1 aromatic carbocycles. The molecule has 1 atom stereocenters. The molecule has 0 aliphatic heterocycles. The van der Waals surface area contributed by atoms with E-state index in [1.165, 1.54) is 12.5 Å². The van der Waals surface area contributed by atoms with E-state index in [-0.39, 0.29) is 17.5 Å². The highest BCUT2D eigenvalue weighted by Crippen LogP contribution is 2.31. The highest BCUT2D eigenvalue weighted by molar-refractivity contribution is 9.10. The number of hydrogen-bond acceptors (Lipinski definition) is 3. The van der Waals surface area contributed by atoms with Crippen LogP contribution in [-0.2, 0) is 16.6 Å². The van der Waals surface area contributed by atoms with Gasteiger partial charge in [0.1, 0.15) is 0 Å². The summed E-state index contributed by atoms with van der Waals surface area (Å²) in [5, 5.41) is 9.22. The highest BCUT2D eigenvalue weighted by Gasteiger charge is 2.29. The van der Waals surface area contributed by atoms with Gasteiger partial charge in [0.2, 0.25) is 10.0 Å². The van der Waals surface area contributed by atoms with Crippen LogP contribution in [0.1, 0.15) is 37.3 Å². The Hall–Kier alpha value is -0.430. The summed E-state index contributed by atoms with van der Waals surface area (Å²) in [6.07, 6.45) is 3.35. The van der Waals surface area contributed by atoms with Crippen LogP contribution in [0.3, 0.4) is 0 Å². The van der Waals surface area contributed by atoms with Crippen molar-refractivity contribution in [1.82, 2.24) is 4.72 Å². The number of aliphatic hydroxyl groups is 1. The second-order valence-corrected chi connectivity index (χ2v) is 8.00. The molecule has 1 aliphatic carbocycles. The summed E-state index contributed by atoms with van der Waals surface area (Å²) in [6.45, 7) is 3.50. The Morgan fingerprint density at radius 2 is 2.10 bits per heavy atom. The van der Waals surface area contributed by atoms with E-state index in [0.717, 1.165) is 12.8 Å². The fraction of sp³-hybridized carbons (Fsp3) is 0.571. The Morgan fingerprint density at radius 3 is 2.60 bits per heavy atom. The molecule has 1 fully saturated rings. The first kappa shape index (κ1) is 15.9. The van der Waals surface area contributed by atoms with Crippen LogP contribution < -0.4 is 4.72 Å². The van der Waals surface area contributed by atoms with Gasteiger partial charge in [-0.25, -0.2) is 13.1 Å². The van der Waals surface area contributed by atoms with Gasteiger partial charge in [0.15, 0.2) is 0 Å². The summed E-state index contributed by atoms with van der Waals surface area (Å²) < 4.78 is 28.5. The lowest BCUT2D eigenvalue weighted by Gasteiger charge is -2.31. The molecule has 0 radical (unpaired) electrons. The van der Waals surface area contributed by atoms with Gasteiger partial charge in [0.25, 0.3) is 0 Å². The lowest BCUT2D eigenvalue weighted by atomic mass is 9.81. The number of aliphatic hydroxyl groups excluding tert-OH is 1. The maximum Gasteiger partial charge on any atom is 0.241 e. The molecular formula is C14H20BrNO3S. The second-order valence-electron chi connectivity index (χ2n) is 5.46. The first-order valence-electron chi connectivity index (χ1n) is 6.77. The van der Waals surface area contributed by atoms with E-state index in [9.17, 15) is 13.5 Å². The summed E-state index contributed by atoms with van der Waals surface area (Å²) in [5.41, 5.74) is 1.25. The normalized spacial score (nSPS) is 17.8. The van der Waals surface area contributed by atoms with Gasteiger partial charge in [-0.1, -0.05) is 22.4 Å². The van der Waals surface area contributed by atoms with E-state index in [1.807, 2.05) is 6.92 Å². The molecule has 0 saturated heterocycles. The molecule has 4 nitrogen and oxygen atoms in total. The maximum absolute atomic E-state index is 12.5. The van der Waals surface area contributed by atoms with Gasteiger partial charge in [-0.2, -0.15) is 0 Å². The van der Waals surface area contributed by atoms with Crippen molar-refractivity contribution in [2.75, 3.05) is 0 Å². The van der Waals surface area contributed by atoms with E-state index in [2.05, 4.69) is 20.7 Å². The Labute approximate surface area is 128 Å². The number of rotatable bonds is 5. The van der Waals surface area contributed by atoms with Crippen LogP contribution in [0.2, 0.25) is 0 Å². The Bertz CT molecular complexity index is 597. The van der Waals surface area contributed by atoms with Crippen LogP contribution >= 0.6 is 15.9 Å². The molecule has 20 heavy (non-hydrogen) atoms. The van der Waals surface area contributed by atoms with E-state index in [0.29, 0.717) is 21.5 Å². The van der Waals surface area contributed by atoms with Crippen molar-refractivity contribution in [1.29, 1.82) is 0 Å². The molecule has 112 valence electrons. The molecule has 0 bridgehead atoms. The van der Waals surface area contributed by atoms with Crippen molar-refractivity contribution in [2.45, 2.75) is 50.7 Å². The molecular weight excluding hydrogens is 342 g/mol. The molecule has 0 heterocycles. The third-order valence-electron chi connectivity index (χ3n) is 4.03. The lowest BCUT2D eigenvalue weighted by Crippen LogP contribution is -2.40. The highest BCUT2D eigenvalue weighted by atomic mass is 79.9. The van der Waals surface area contributed by atoms with Gasteiger partial charge in [0, 0.05) is 10.5 Å². The van der Waals surface area contributed by atoms with Gasteiger partial charge < -0.3 is 5.11 Å². The molecule has 2 rings (SSSR count). The fourth-order valence-corrected chi connectivity index (χ4v) is 4.69. The lowest BCUT2D eigenvalue weighted by molar-refractivity contribution is 0.260. The minimum absolute atomic E-state index is 0.0512. The predicted octanol–water partition coefficient (Wildman–Crippen LogP) is 2.72. The molecule has 1 aliphatic rings. The van der Waals surface area contributed by atoms with Crippen LogP contribution in [0.25, 0.3) is 0 Å². The first-order chi connectivity index (χ1) is 9.35. The summed E-state index contributed by atoms with van der Waals surface area (Å²) in [6, 6.07) is 3.23. The SMILES string of the molecule is Cc1c(Br)cc(CO)cc1S(=O)(=O)NC(C)C1CCC1. The fourth-order valence-electron chi connectivity index (χ4n) is 2.42. The molecule has 0 aromatic heterocycles. The van der Waals surface area contributed by atoms with Crippen LogP contribution in [0.4, 0.5) is 0 Å². The summed E-state index contributed by atoms with van der Waals surface area (Å²) in [7, 11) is -3.56. The summed E-state index contributed by atoms with van der Waals surface area (Å²) >= 11 is 3.35. The third-order valence-corrected chi connectivity index (χ3v) is 6.54. The number of halogens is 1. The number of hydrogen-bond donors (Lipinski definition) is 2. The van der Waals surface area contributed by atoms with Gasteiger partial charge in [-0.15, -0.1) is 0 Å². The van der Waals surface area contributed by atoms with Crippen molar-refractivity contribution < 1.29 is 13.5 Å². The van der Waals surface area contributed by atoms with Gasteiger partial charge in [-0.05, 0) is 55.9 Å². The molecule has 1 saturated carbocycles. The van der Waals surface area contributed by atoms with E-state index < -0.39 is 10.0 Å². The molecule has 1 aromatic rings. The Kier molecular flexibility index (Phi) is 4.89. The zero-order valence-electron chi connectivity index (χ0n) is 11.7. The molecule has 2 N–H and O–H groups in total. The zero-order valence-corrected chi connectivity index (χ0v) is 14.1. The van der Waals surface area contributed by atoms with Crippen molar-refractivity contribution in [3.63, 3.8) is 0 Å². The number of nitrogens with one attached hydrogen (secondary N) is 1. The van der Waals surface area contributed by atoms with Gasteiger partial charge >= 0.3 is 0 Å². The molecule has 0 spiro atoms. The zero-order chi connectivity index (χ0) is 14.9. The number of sulfonamides is 1. The van der Waals surface area contributed by atoms with Crippen LogP contribution in [0.15, 0.2) is 21.5 Å². The number of benzene rings is 1. The molecule has 0 amide bonds. The predicted molar refractivity (Wildman–Crippen MR) is 81.9 cm³/mol. The Balaban J connectivity index is 2.30. The molecule has 6 heteroatoms. The average molecular weight is 362 g/mol. The molecule has 1 unspecified atom stereocenters. The summed E-state index contributed by atoms with van der Waals surface area (Å²) in [4.78, 5) is 0.238. The minimum Gasteiger partial charge on any atom is -0.392 e. The van der Waals surface area contributed by atoms with E-state index in [1.54, 1.807) is 13.0 Å². The smallest absolute Gasteiger partial charge is 0.241 e. The second kappa shape index (κ2) is 6.13. The van der Waals surface area contributed by atoms with Crippen molar-refractivity contribution in [3.05, 3.63) is 27.7 Å². The largest absolute Gasteiger partial charge is 0.392 e. The quantitative estimate of drug-likeness (QED) is 0.847. The average Bonchev–Trinajstić information content (AvgIpc) is 2.29. The van der Waals surface area contributed by atoms with Gasteiger partial charge in [-0.3, -0.25) is 0 Å². The minimum atomic E-state index is -3.56. The van der Waals surface area contributed by atoms with Crippen molar-refractivity contribution in [3.8, 4) is 0 Å². The standard InChI is InChI=1S/C14H20BrNO3S/c1-9-13(15)6-11(8-17)7-14(9)20(18,19)16-10(2)12-4-3-5-12/h6-7,10,12,16-17H,3-5,8H2,1-2H3. The Morgan fingerprint density at radius 1 is 1.45 bits per heavy atom. The van der Waals surface area contributed by atoms with Crippen molar-refractivity contribution >= 4 is 26.0 Å². The monoisotopic (exact) mass is 361 g/mol. The first-order valence-corrected chi connectivity index (χ1v) is 9.05. The van der Waals surface area contributed by atoms with Crippen LogP contribution in [-0.4, -0.2) is 19.6 Å². The third kappa shape index (κ3) is 3.24. The van der Waals surface area contributed by atoms with E-state index >= 15 is 0 Å². The van der Waals surface area contributed by atoms with Crippen molar-refractivity contribution in [2.24, 2.45) is 5.92 Å². The summed E-state index contributed by atoms with van der Waals surface area (Å²) in [5.74, 6) is 0.439. The topological polar surface area (TPSA) is 66.4 Å². The van der Waals surface area contributed by atoms with E-state index in [4.69, 9.17) is 0 Å². The maximum atomic E-state index is 12.5. The van der Waals surface area contributed by atoms with Crippen LogP contribution in [0.5, 0.6) is 0 Å². The van der Waals surface area contributed by atoms with Crippen LogP contribution in [0, 0.1) is 12.8 Å².